The first-order valence-electron chi connectivity index (χ1n) is 6.38. The van der Waals surface area contributed by atoms with Crippen molar-refractivity contribution in [3.8, 4) is 5.75 Å². The van der Waals surface area contributed by atoms with Crippen molar-refractivity contribution in [2.45, 2.75) is 19.3 Å². The highest BCUT2D eigenvalue weighted by molar-refractivity contribution is 6.32. The molecule has 0 unspecified atom stereocenters. The Hall–Kier alpha value is -1.75. The van der Waals surface area contributed by atoms with Crippen LogP contribution in [0.2, 0.25) is 5.02 Å². The highest BCUT2D eigenvalue weighted by Crippen LogP contribution is 2.33. The van der Waals surface area contributed by atoms with Gasteiger partial charge in [0.15, 0.2) is 0 Å². The number of carboxylic acids is 1. The van der Waals surface area contributed by atoms with Crippen LogP contribution in [0, 0.1) is 11.8 Å². The number of ether oxygens (including phenoxy) is 1. The van der Waals surface area contributed by atoms with Crippen molar-refractivity contribution in [2.75, 3.05) is 12.4 Å². The molecule has 1 aromatic carbocycles. The molecule has 1 fully saturated rings. The van der Waals surface area contributed by atoms with Crippen LogP contribution in [0.5, 0.6) is 5.75 Å². The summed E-state index contributed by atoms with van der Waals surface area (Å²) in [6, 6.07) is 4.97. The average molecular weight is 298 g/mol. The quantitative estimate of drug-likeness (QED) is 0.896. The number of halogens is 1. The zero-order valence-corrected chi connectivity index (χ0v) is 11.8. The predicted octanol–water partition coefficient (Wildman–Crippen LogP) is 2.79. The number of aliphatic carboxylic acids is 1. The zero-order chi connectivity index (χ0) is 14.7. The van der Waals surface area contributed by atoms with Crippen LogP contribution in [0.4, 0.5) is 5.69 Å². The summed E-state index contributed by atoms with van der Waals surface area (Å²) < 4.78 is 5.08. The van der Waals surface area contributed by atoms with Crippen LogP contribution < -0.4 is 10.1 Å². The molecule has 20 heavy (non-hydrogen) atoms. The second-order valence-electron chi connectivity index (χ2n) is 4.88. The third kappa shape index (κ3) is 3.22. The lowest BCUT2D eigenvalue weighted by Crippen LogP contribution is -2.21. The Kier molecular flexibility index (Phi) is 4.49. The Bertz CT molecular complexity index is 532. The number of benzene rings is 1. The number of anilines is 1. The van der Waals surface area contributed by atoms with Gasteiger partial charge < -0.3 is 15.2 Å². The first-order chi connectivity index (χ1) is 9.51. The van der Waals surface area contributed by atoms with Crippen LogP contribution in [0.1, 0.15) is 19.3 Å². The standard InChI is InChI=1S/C14H16ClNO4/c1-20-12-7-10(4-5-11(12)15)16-13(17)8-2-3-9(6-8)14(18)19/h4-5,7-9H,2-3,6H2,1H3,(H,16,17)(H,18,19)/t8-,9+/m1/s1. The molecule has 1 aromatic rings. The smallest absolute Gasteiger partial charge is 0.306 e. The maximum Gasteiger partial charge on any atom is 0.306 e. The molecule has 2 atom stereocenters. The lowest BCUT2D eigenvalue weighted by Gasteiger charge is -2.12. The maximum absolute atomic E-state index is 12.1. The number of nitrogens with one attached hydrogen (secondary N) is 1. The Labute approximate surface area is 121 Å². The number of carboxylic acid groups (broad SMARTS) is 1. The molecule has 1 aliphatic rings. The molecule has 0 saturated heterocycles. The molecule has 1 saturated carbocycles. The summed E-state index contributed by atoms with van der Waals surface area (Å²) in [5, 5.41) is 12.2. The Morgan fingerprint density at radius 2 is 2.05 bits per heavy atom. The minimum absolute atomic E-state index is 0.155. The van der Waals surface area contributed by atoms with E-state index in [0.29, 0.717) is 35.7 Å². The van der Waals surface area contributed by atoms with E-state index in [9.17, 15) is 9.59 Å². The van der Waals surface area contributed by atoms with Crippen molar-refractivity contribution in [3.63, 3.8) is 0 Å². The van der Waals surface area contributed by atoms with Gasteiger partial charge in [-0.25, -0.2) is 0 Å². The lowest BCUT2D eigenvalue weighted by molar-refractivity contribution is -0.141. The van der Waals surface area contributed by atoms with Crippen LogP contribution in [0.15, 0.2) is 18.2 Å². The van der Waals surface area contributed by atoms with Gasteiger partial charge in [-0.15, -0.1) is 0 Å². The van der Waals surface area contributed by atoms with Crippen LogP contribution in [0.3, 0.4) is 0 Å². The molecule has 0 radical (unpaired) electrons. The summed E-state index contributed by atoms with van der Waals surface area (Å²) in [5.41, 5.74) is 0.593. The predicted molar refractivity (Wildman–Crippen MR) is 75.1 cm³/mol. The zero-order valence-electron chi connectivity index (χ0n) is 11.1. The average Bonchev–Trinajstić information content (AvgIpc) is 2.91. The number of amides is 1. The van der Waals surface area contributed by atoms with Crippen molar-refractivity contribution in [1.29, 1.82) is 0 Å². The third-order valence-corrected chi connectivity index (χ3v) is 3.88. The third-order valence-electron chi connectivity index (χ3n) is 3.57. The first kappa shape index (κ1) is 14.7. The number of hydrogen-bond acceptors (Lipinski definition) is 3. The van der Waals surface area contributed by atoms with Crippen molar-refractivity contribution >= 4 is 29.2 Å². The second kappa shape index (κ2) is 6.13. The SMILES string of the molecule is COc1cc(NC(=O)[C@@H]2CC[C@H](C(=O)O)C2)ccc1Cl. The van der Waals surface area contributed by atoms with E-state index < -0.39 is 11.9 Å². The molecule has 108 valence electrons. The molecule has 2 rings (SSSR count). The monoisotopic (exact) mass is 297 g/mol. The van der Waals surface area contributed by atoms with E-state index in [1.165, 1.54) is 7.11 Å². The van der Waals surface area contributed by atoms with Gasteiger partial charge in [-0.2, -0.15) is 0 Å². The van der Waals surface area contributed by atoms with Gasteiger partial charge in [-0.05, 0) is 31.4 Å². The summed E-state index contributed by atoms with van der Waals surface area (Å²) in [4.78, 5) is 23.0. The molecule has 0 spiro atoms. The molecule has 1 aliphatic carbocycles. The van der Waals surface area contributed by atoms with E-state index in [4.69, 9.17) is 21.4 Å². The number of carbonyl (C=O) groups is 2. The van der Waals surface area contributed by atoms with E-state index in [0.717, 1.165) is 0 Å². The van der Waals surface area contributed by atoms with Gasteiger partial charge in [0, 0.05) is 17.7 Å². The summed E-state index contributed by atoms with van der Waals surface area (Å²) in [5.74, 6) is -1.16. The normalized spacial score (nSPS) is 21.5. The van der Waals surface area contributed by atoms with Crippen LogP contribution in [-0.2, 0) is 9.59 Å². The number of carbonyl (C=O) groups excluding carboxylic acids is 1. The summed E-state index contributed by atoms with van der Waals surface area (Å²) in [6.07, 6.45) is 1.55. The van der Waals surface area contributed by atoms with E-state index >= 15 is 0 Å². The number of methoxy groups -OCH3 is 1. The highest BCUT2D eigenvalue weighted by Gasteiger charge is 2.33. The molecular weight excluding hydrogens is 282 g/mol. The Balaban J connectivity index is 2.00. The number of hydrogen-bond donors (Lipinski definition) is 2. The molecule has 0 heterocycles. The second-order valence-corrected chi connectivity index (χ2v) is 5.29. The highest BCUT2D eigenvalue weighted by atomic mass is 35.5. The fourth-order valence-electron chi connectivity index (χ4n) is 2.43. The van der Waals surface area contributed by atoms with Crippen LogP contribution in [0.25, 0.3) is 0 Å². The molecule has 0 bridgehead atoms. The van der Waals surface area contributed by atoms with Crippen molar-refractivity contribution in [3.05, 3.63) is 23.2 Å². The van der Waals surface area contributed by atoms with Gasteiger partial charge in [0.2, 0.25) is 5.91 Å². The summed E-state index contributed by atoms with van der Waals surface area (Å²) in [6.45, 7) is 0. The van der Waals surface area contributed by atoms with Gasteiger partial charge in [0.1, 0.15) is 5.75 Å². The number of rotatable bonds is 4. The van der Waals surface area contributed by atoms with Gasteiger partial charge in [-0.3, -0.25) is 9.59 Å². The van der Waals surface area contributed by atoms with Gasteiger partial charge in [0.25, 0.3) is 0 Å². The van der Waals surface area contributed by atoms with Crippen molar-refractivity contribution in [1.82, 2.24) is 0 Å². The van der Waals surface area contributed by atoms with Crippen molar-refractivity contribution in [2.24, 2.45) is 11.8 Å². The fraction of sp³-hybridized carbons (Fsp3) is 0.429. The molecule has 2 N–H and O–H groups in total. The molecular formula is C14H16ClNO4. The lowest BCUT2D eigenvalue weighted by atomic mass is 10.0. The molecule has 5 nitrogen and oxygen atoms in total. The molecule has 6 heteroatoms. The van der Waals surface area contributed by atoms with E-state index in [1.54, 1.807) is 18.2 Å². The minimum atomic E-state index is -0.825. The molecule has 0 aliphatic heterocycles. The minimum Gasteiger partial charge on any atom is -0.495 e. The van der Waals surface area contributed by atoms with Gasteiger partial charge >= 0.3 is 5.97 Å². The van der Waals surface area contributed by atoms with E-state index in [1.807, 2.05) is 0 Å². The first-order valence-corrected chi connectivity index (χ1v) is 6.76. The van der Waals surface area contributed by atoms with E-state index in [2.05, 4.69) is 5.32 Å². The topological polar surface area (TPSA) is 75.6 Å². The molecule has 0 aromatic heterocycles. The van der Waals surface area contributed by atoms with Gasteiger partial charge in [-0.1, -0.05) is 11.6 Å². The fourth-order valence-corrected chi connectivity index (χ4v) is 2.62. The Morgan fingerprint density at radius 1 is 1.35 bits per heavy atom. The summed E-state index contributed by atoms with van der Waals surface area (Å²) in [7, 11) is 1.50. The largest absolute Gasteiger partial charge is 0.495 e. The van der Waals surface area contributed by atoms with Crippen LogP contribution >= 0.6 is 11.6 Å². The van der Waals surface area contributed by atoms with Crippen LogP contribution in [-0.4, -0.2) is 24.1 Å². The summed E-state index contributed by atoms with van der Waals surface area (Å²) >= 11 is 5.91. The Morgan fingerprint density at radius 3 is 2.65 bits per heavy atom. The van der Waals surface area contributed by atoms with E-state index in [-0.39, 0.29) is 11.8 Å². The van der Waals surface area contributed by atoms with Crippen molar-refractivity contribution < 1.29 is 19.4 Å². The van der Waals surface area contributed by atoms with Gasteiger partial charge in [0.05, 0.1) is 18.1 Å². The molecule has 1 amide bonds. The maximum atomic E-state index is 12.1.